The largest absolute Gasteiger partial charge is 0.478 e. The Balaban J connectivity index is 1.80. The van der Waals surface area contributed by atoms with Gasteiger partial charge in [0.15, 0.2) is 0 Å². The van der Waals surface area contributed by atoms with Crippen LogP contribution in [0, 0.1) is 0 Å². The summed E-state index contributed by atoms with van der Waals surface area (Å²) in [5.41, 5.74) is 1.65. The molecule has 0 saturated carbocycles. The van der Waals surface area contributed by atoms with Crippen LogP contribution in [0.2, 0.25) is 0 Å². The number of carbonyl (C=O) groups excluding carboxylic acids is 1. The fourth-order valence-electron chi connectivity index (χ4n) is 2.19. The van der Waals surface area contributed by atoms with Gasteiger partial charge in [-0.2, -0.15) is 5.10 Å². The summed E-state index contributed by atoms with van der Waals surface area (Å²) >= 11 is 0. The number of nitrogens with zero attached hydrogens (tertiary/aromatic N) is 3. The average molecular weight is 317 g/mol. The number of nitrogens with one attached hydrogen (secondary N) is 2. The molecule has 0 aliphatic rings. The molecular formula is C15H19N5O3. The van der Waals surface area contributed by atoms with E-state index >= 15 is 0 Å². The van der Waals surface area contributed by atoms with Crippen molar-refractivity contribution in [2.45, 2.75) is 19.5 Å². The van der Waals surface area contributed by atoms with Gasteiger partial charge in [-0.05, 0) is 25.1 Å². The van der Waals surface area contributed by atoms with Gasteiger partial charge in [-0.15, -0.1) is 0 Å². The third-order valence-corrected chi connectivity index (χ3v) is 3.34. The number of aromatic nitrogens is 3. The molecule has 23 heavy (non-hydrogen) atoms. The maximum absolute atomic E-state index is 11.9. The highest BCUT2D eigenvalue weighted by Crippen LogP contribution is 2.09. The minimum atomic E-state index is -1.00. The smallest absolute Gasteiger partial charge is 0.335 e. The van der Waals surface area contributed by atoms with E-state index in [1.54, 1.807) is 10.9 Å². The Morgan fingerprint density at radius 3 is 2.78 bits per heavy atom. The highest BCUT2D eigenvalue weighted by molar-refractivity contribution is 5.87. The number of hydrogen-bond acceptors (Lipinski definition) is 5. The Bertz CT molecular complexity index is 698. The van der Waals surface area contributed by atoms with Crippen LogP contribution in [0.4, 0.5) is 0 Å². The second-order valence-electron chi connectivity index (χ2n) is 5.11. The highest BCUT2D eigenvalue weighted by atomic mass is 16.4. The fourth-order valence-corrected chi connectivity index (χ4v) is 2.19. The van der Waals surface area contributed by atoms with Gasteiger partial charge in [0.25, 0.3) is 0 Å². The first-order chi connectivity index (χ1) is 11.0. The van der Waals surface area contributed by atoms with Crippen LogP contribution in [0.1, 0.15) is 34.7 Å². The molecule has 0 aliphatic carbocycles. The second kappa shape index (κ2) is 7.50. The lowest BCUT2D eigenvalue weighted by molar-refractivity contribution is -0.120. The summed E-state index contributed by atoms with van der Waals surface area (Å²) in [6.45, 7) is 2.31. The molecule has 2 rings (SSSR count). The zero-order valence-electron chi connectivity index (χ0n) is 13.0. The number of carboxylic acid groups (broad SMARTS) is 1. The summed E-state index contributed by atoms with van der Waals surface area (Å²) in [6.07, 6.45) is 3.11. The third-order valence-electron chi connectivity index (χ3n) is 3.34. The fraction of sp³-hybridized carbons (Fsp3) is 0.333. The Hall–Kier alpha value is -2.74. The summed E-state index contributed by atoms with van der Waals surface area (Å²) in [7, 11) is 1.82. The molecule has 1 amide bonds. The van der Waals surface area contributed by atoms with Gasteiger partial charge in [-0.25, -0.2) is 4.79 Å². The number of carbonyl (C=O) groups is 2. The first kappa shape index (κ1) is 16.6. The van der Waals surface area contributed by atoms with Gasteiger partial charge >= 0.3 is 5.97 Å². The van der Waals surface area contributed by atoms with Crippen LogP contribution in [0.3, 0.4) is 0 Å². The van der Waals surface area contributed by atoms with E-state index in [4.69, 9.17) is 5.11 Å². The molecule has 0 fully saturated rings. The number of carboxylic acids is 1. The average Bonchev–Trinajstić information content (AvgIpc) is 2.93. The van der Waals surface area contributed by atoms with E-state index in [9.17, 15) is 9.59 Å². The van der Waals surface area contributed by atoms with E-state index < -0.39 is 5.97 Å². The Kier molecular flexibility index (Phi) is 5.42. The number of hydrogen-bond donors (Lipinski definition) is 3. The predicted molar refractivity (Wildman–Crippen MR) is 82.7 cm³/mol. The number of pyridine rings is 1. The zero-order valence-corrected chi connectivity index (χ0v) is 13.0. The quantitative estimate of drug-likeness (QED) is 0.685. The molecule has 0 radical (unpaired) electrons. The Labute approximate surface area is 133 Å². The van der Waals surface area contributed by atoms with Crippen LogP contribution in [0.15, 0.2) is 30.6 Å². The summed E-state index contributed by atoms with van der Waals surface area (Å²) < 4.78 is 1.71. The van der Waals surface area contributed by atoms with Crippen LogP contribution < -0.4 is 10.6 Å². The second-order valence-corrected chi connectivity index (χ2v) is 5.11. The van der Waals surface area contributed by atoms with Crippen LogP contribution >= 0.6 is 0 Å². The van der Waals surface area contributed by atoms with Crippen LogP contribution in [0.25, 0.3) is 0 Å². The van der Waals surface area contributed by atoms with Crippen molar-refractivity contribution in [3.05, 3.63) is 47.5 Å². The third kappa shape index (κ3) is 4.62. The van der Waals surface area contributed by atoms with Gasteiger partial charge in [-0.3, -0.25) is 14.5 Å². The lowest BCUT2D eigenvalue weighted by Gasteiger charge is -2.14. The summed E-state index contributed by atoms with van der Waals surface area (Å²) in [5, 5.41) is 18.8. The number of amides is 1. The highest BCUT2D eigenvalue weighted by Gasteiger charge is 2.12. The molecule has 3 N–H and O–H groups in total. The van der Waals surface area contributed by atoms with Crippen molar-refractivity contribution in [1.82, 2.24) is 25.4 Å². The minimum Gasteiger partial charge on any atom is -0.478 e. The van der Waals surface area contributed by atoms with Crippen molar-refractivity contribution in [1.29, 1.82) is 0 Å². The molecule has 0 aromatic carbocycles. The van der Waals surface area contributed by atoms with E-state index in [-0.39, 0.29) is 24.1 Å². The number of rotatable bonds is 7. The van der Waals surface area contributed by atoms with Gasteiger partial charge < -0.3 is 15.7 Å². The van der Waals surface area contributed by atoms with E-state index in [0.717, 1.165) is 5.69 Å². The number of aromatic carboxylic acids is 1. The van der Waals surface area contributed by atoms with Gasteiger partial charge in [0.1, 0.15) is 0 Å². The molecule has 2 aromatic heterocycles. The van der Waals surface area contributed by atoms with Crippen LogP contribution in [0.5, 0.6) is 0 Å². The first-order valence-electron chi connectivity index (χ1n) is 7.13. The number of aryl methyl sites for hydroxylation is 1. The van der Waals surface area contributed by atoms with Crippen molar-refractivity contribution < 1.29 is 14.7 Å². The van der Waals surface area contributed by atoms with Crippen LogP contribution in [-0.4, -0.2) is 38.3 Å². The predicted octanol–water partition coefficient (Wildman–Crippen LogP) is 0.480. The molecule has 2 heterocycles. The zero-order chi connectivity index (χ0) is 16.8. The molecule has 8 heteroatoms. The van der Waals surface area contributed by atoms with Crippen molar-refractivity contribution >= 4 is 11.9 Å². The van der Waals surface area contributed by atoms with Gasteiger partial charge in [0, 0.05) is 26.0 Å². The molecule has 8 nitrogen and oxygen atoms in total. The first-order valence-corrected chi connectivity index (χ1v) is 7.13. The van der Waals surface area contributed by atoms with E-state index in [1.165, 1.54) is 18.3 Å². The van der Waals surface area contributed by atoms with Crippen molar-refractivity contribution in [2.75, 3.05) is 6.54 Å². The van der Waals surface area contributed by atoms with E-state index in [1.807, 2.05) is 20.0 Å². The molecular weight excluding hydrogens is 298 g/mol. The summed E-state index contributed by atoms with van der Waals surface area (Å²) in [6, 6.07) is 4.60. The molecule has 2 aromatic rings. The molecule has 1 atom stereocenters. The van der Waals surface area contributed by atoms with Crippen molar-refractivity contribution in [2.24, 2.45) is 7.05 Å². The maximum Gasteiger partial charge on any atom is 0.335 e. The molecule has 0 saturated heterocycles. The molecule has 1 unspecified atom stereocenters. The minimum absolute atomic E-state index is 0.112. The van der Waals surface area contributed by atoms with Crippen molar-refractivity contribution in [3.8, 4) is 0 Å². The lowest BCUT2D eigenvalue weighted by Crippen LogP contribution is -2.35. The maximum atomic E-state index is 11.9. The standard InChI is InChI=1S/C15H19N5O3/c1-10(13-4-6-18-20(13)2)19-14(21)9-16-8-12-7-11(15(22)23)3-5-17-12/h3-7,10,16H,8-9H2,1-2H3,(H,19,21)(H,22,23). The SMILES string of the molecule is CC(NC(=O)CNCc1cc(C(=O)O)ccn1)c1ccnn1C. The van der Waals surface area contributed by atoms with Gasteiger partial charge in [0.05, 0.1) is 29.5 Å². The van der Waals surface area contributed by atoms with Crippen LogP contribution in [-0.2, 0) is 18.4 Å². The molecule has 0 bridgehead atoms. The van der Waals surface area contributed by atoms with Crippen molar-refractivity contribution in [3.63, 3.8) is 0 Å². The van der Waals surface area contributed by atoms with E-state index in [2.05, 4.69) is 20.7 Å². The van der Waals surface area contributed by atoms with E-state index in [0.29, 0.717) is 12.2 Å². The van der Waals surface area contributed by atoms with Gasteiger partial charge in [-0.1, -0.05) is 0 Å². The monoisotopic (exact) mass is 317 g/mol. The lowest BCUT2D eigenvalue weighted by atomic mass is 10.2. The molecule has 0 spiro atoms. The summed E-state index contributed by atoms with van der Waals surface area (Å²) in [4.78, 5) is 26.8. The Morgan fingerprint density at radius 2 is 2.13 bits per heavy atom. The van der Waals surface area contributed by atoms with Gasteiger partial charge in [0.2, 0.25) is 5.91 Å². The molecule has 122 valence electrons. The topological polar surface area (TPSA) is 109 Å². The Morgan fingerprint density at radius 1 is 1.35 bits per heavy atom. The molecule has 0 aliphatic heterocycles. The normalized spacial score (nSPS) is 11.9. The summed E-state index contributed by atoms with van der Waals surface area (Å²) in [5.74, 6) is -1.16.